The quantitative estimate of drug-likeness (QED) is 0.588. The van der Waals surface area contributed by atoms with Gasteiger partial charge in [0.2, 0.25) is 0 Å². The second kappa shape index (κ2) is 10.8. The lowest BCUT2D eigenvalue weighted by Crippen LogP contribution is -2.43. The van der Waals surface area contributed by atoms with Crippen LogP contribution in [0.15, 0.2) is 0 Å². The van der Waals surface area contributed by atoms with E-state index in [1.807, 2.05) is 0 Å². The van der Waals surface area contributed by atoms with Gasteiger partial charge in [0.15, 0.2) is 0 Å². The molecule has 1 rings (SSSR count). The van der Waals surface area contributed by atoms with Crippen molar-refractivity contribution in [3.05, 3.63) is 0 Å². The molecule has 0 spiro atoms. The lowest BCUT2D eigenvalue weighted by atomic mass is 9.92. The van der Waals surface area contributed by atoms with Crippen molar-refractivity contribution in [2.24, 2.45) is 0 Å². The van der Waals surface area contributed by atoms with Crippen LogP contribution < -0.4 is 5.32 Å². The molecule has 2 heteroatoms. The average Bonchev–Trinajstić information content (AvgIpc) is 2.40. The molecule has 1 N–H and O–H groups in total. The summed E-state index contributed by atoms with van der Waals surface area (Å²) in [7, 11) is 0. The number of hydrogen-bond donors (Lipinski definition) is 1. The monoisotopic (exact) mass is 255 g/mol. The van der Waals surface area contributed by atoms with Crippen molar-refractivity contribution in [2.45, 2.75) is 90.2 Å². The molecule has 0 bridgehead atoms. The summed E-state index contributed by atoms with van der Waals surface area (Å²) in [5.41, 5.74) is 0. The molecule has 0 heterocycles. The molecule has 0 aromatic carbocycles. The first-order valence-corrected chi connectivity index (χ1v) is 8.23. The zero-order valence-corrected chi connectivity index (χ0v) is 12.5. The number of likely N-dealkylation sites (N-methyl/N-ethyl adjacent to an activating group) is 1. The Labute approximate surface area is 114 Å². The van der Waals surface area contributed by atoms with Gasteiger partial charge >= 0.3 is 0 Å². The molecule has 2 unspecified atom stereocenters. The van der Waals surface area contributed by atoms with Crippen molar-refractivity contribution in [1.82, 2.24) is 5.32 Å². The molecule has 1 fully saturated rings. The van der Waals surface area contributed by atoms with Crippen LogP contribution in [0.2, 0.25) is 0 Å². The summed E-state index contributed by atoms with van der Waals surface area (Å²) in [6.07, 6.45) is 13.9. The van der Waals surface area contributed by atoms with Crippen molar-refractivity contribution >= 4 is 0 Å². The first kappa shape index (κ1) is 16.0. The predicted molar refractivity (Wildman–Crippen MR) is 79.0 cm³/mol. The highest BCUT2D eigenvalue weighted by molar-refractivity contribution is 4.81. The molecule has 1 aliphatic carbocycles. The summed E-state index contributed by atoms with van der Waals surface area (Å²) in [5.74, 6) is 0. The molecule has 1 aliphatic rings. The van der Waals surface area contributed by atoms with E-state index in [4.69, 9.17) is 4.74 Å². The minimum atomic E-state index is 0.481. The molecule has 1 saturated carbocycles. The second-order valence-electron chi connectivity index (χ2n) is 5.63. The van der Waals surface area contributed by atoms with Crippen LogP contribution in [0.5, 0.6) is 0 Å². The van der Waals surface area contributed by atoms with E-state index in [9.17, 15) is 0 Å². The molecule has 2 atom stereocenters. The average molecular weight is 255 g/mol. The minimum Gasteiger partial charge on any atom is -0.377 e. The number of rotatable bonds is 10. The Balaban J connectivity index is 2.02. The molecular weight excluding hydrogens is 222 g/mol. The zero-order chi connectivity index (χ0) is 13.1. The fourth-order valence-electron chi connectivity index (χ4n) is 2.91. The van der Waals surface area contributed by atoms with Crippen LogP contribution in [-0.2, 0) is 4.74 Å². The topological polar surface area (TPSA) is 21.3 Å². The SMILES string of the molecule is CCCCCCCCOC1CCCCC1NCC. The highest BCUT2D eigenvalue weighted by Gasteiger charge is 2.24. The molecule has 108 valence electrons. The smallest absolute Gasteiger partial charge is 0.0728 e. The van der Waals surface area contributed by atoms with Gasteiger partial charge in [-0.15, -0.1) is 0 Å². The highest BCUT2D eigenvalue weighted by atomic mass is 16.5. The number of nitrogens with one attached hydrogen (secondary N) is 1. The minimum absolute atomic E-state index is 0.481. The Bertz CT molecular complexity index is 182. The van der Waals surface area contributed by atoms with Crippen LogP contribution in [0.4, 0.5) is 0 Å². The summed E-state index contributed by atoms with van der Waals surface area (Å²) < 4.78 is 6.09. The molecular formula is C16H33NO. The van der Waals surface area contributed by atoms with E-state index in [0.717, 1.165) is 13.2 Å². The van der Waals surface area contributed by atoms with E-state index >= 15 is 0 Å². The zero-order valence-electron chi connectivity index (χ0n) is 12.5. The Morgan fingerprint density at radius 3 is 2.44 bits per heavy atom. The van der Waals surface area contributed by atoms with Crippen molar-refractivity contribution in [3.8, 4) is 0 Å². The van der Waals surface area contributed by atoms with E-state index in [-0.39, 0.29) is 0 Å². The second-order valence-corrected chi connectivity index (χ2v) is 5.63. The van der Waals surface area contributed by atoms with Crippen molar-refractivity contribution in [1.29, 1.82) is 0 Å². The number of hydrogen-bond acceptors (Lipinski definition) is 2. The molecule has 2 nitrogen and oxygen atoms in total. The normalized spacial score (nSPS) is 24.3. The van der Waals surface area contributed by atoms with Crippen LogP contribution in [0, 0.1) is 0 Å². The highest BCUT2D eigenvalue weighted by Crippen LogP contribution is 2.21. The van der Waals surface area contributed by atoms with Crippen molar-refractivity contribution in [2.75, 3.05) is 13.2 Å². The van der Waals surface area contributed by atoms with E-state index in [1.165, 1.54) is 64.2 Å². The van der Waals surface area contributed by atoms with Gasteiger partial charge in [-0.25, -0.2) is 0 Å². The Morgan fingerprint density at radius 1 is 0.944 bits per heavy atom. The fourth-order valence-corrected chi connectivity index (χ4v) is 2.91. The summed E-state index contributed by atoms with van der Waals surface area (Å²) in [4.78, 5) is 0. The van der Waals surface area contributed by atoms with Gasteiger partial charge < -0.3 is 10.1 Å². The standard InChI is InChI=1S/C16H33NO/c1-3-5-6-7-8-11-14-18-16-13-10-9-12-15(16)17-4-2/h15-17H,3-14H2,1-2H3. The van der Waals surface area contributed by atoms with E-state index in [0.29, 0.717) is 12.1 Å². The third-order valence-electron chi connectivity index (χ3n) is 4.00. The van der Waals surface area contributed by atoms with Crippen LogP contribution in [0.1, 0.15) is 78.1 Å². The lowest BCUT2D eigenvalue weighted by Gasteiger charge is -2.32. The maximum absolute atomic E-state index is 6.09. The van der Waals surface area contributed by atoms with Gasteiger partial charge in [0.25, 0.3) is 0 Å². The summed E-state index contributed by atoms with van der Waals surface area (Å²) in [5, 5.41) is 3.58. The first-order valence-electron chi connectivity index (χ1n) is 8.23. The predicted octanol–water partition coefficient (Wildman–Crippen LogP) is 4.28. The third-order valence-corrected chi connectivity index (χ3v) is 4.00. The Morgan fingerprint density at radius 2 is 1.67 bits per heavy atom. The van der Waals surface area contributed by atoms with E-state index in [1.54, 1.807) is 0 Å². The molecule has 18 heavy (non-hydrogen) atoms. The van der Waals surface area contributed by atoms with E-state index in [2.05, 4.69) is 19.2 Å². The van der Waals surface area contributed by atoms with Crippen molar-refractivity contribution < 1.29 is 4.74 Å². The maximum atomic E-state index is 6.09. The fraction of sp³-hybridized carbons (Fsp3) is 1.00. The lowest BCUT2D eigenvalue weighted by molar-refractivity contribution is 0.00383. The van der Waals surface area contributed by atoms with E-state index < -0.39 is 0 Å². The third kappa shape index (κ3) is 6.75. The molecule has 0 aromatic rings. The maximum Gasteiger partial charge on any atom is 0.0728 e. The largest absolute Gasteiger partial charge is 0.377 e. The molecule has 0 radical (unpaired) electrons. The molecule has 0 aliphatic heterocycles. The summed E-state index contributed by atoms with van der Waals surface area (Å²) >= 11 is 0. The van der Waals surface area contributed by atoms with Gasteiger partial charge in [-0.3, -0.25) is 0 Å². The number of unbranched alkanes of at least 4 members (excludes halogenated alkanes) is 5. The van der Waals surface area contributed by atoms with Gasteiger partial charge in [0.1, 0.15) is 0 Å². The van der Waals surface area contributed by atoms with Crippen molar-refractivity contribution in [3.63, 3.8) is 0 Å². The molecule has 0 amide bonds. The Kier molecular flexibility index (Phi) is 9.59. The summed E-state index contributed by atoms with van der Waals surface area (Å²) in [6.45, 7) is 6.51. The van der Waals surface area contributed by atoms with Crippen LogP contribution in [-0.4, -0.2) is 25.3 Å². The van der Waals surface area contributed by atoms with Crippen LogP contribution >= 0.6 is 0 Å². The first-order chi connectivity index (χ1) is 8.88. The van der Waals surface area contributed by atoms with Gasteiger partial charge in [-0.1, -0.05) is 58.8 Å². The van der Waals surface area contributed by atoms with Gasteiger partial charge in [-0.2, -0.15) is 0 Å². The molecule has 0 aromatic heterocycles. The van der Waals surface area contributed by atoms with Gasteiger partial charge in [-0.05, 0) is 25.8 Å². The Hall–Kier alpha value is -0.0800. The van der Waals surface area contributed by atoms with Gasteiger partial charge in [0.05, 0.1) is 6.10 Å². The van der Waals surface area contributed by atoms with Crippen LogP contribution in [0.25, 0.3) is 0 Å². The van der Waals surface area contributed by atoms with Gasteiger partial charge in [0, 0.05) is 12.6 Å². The summed E-state index contributed by atoms with van der Waals surface area (Å²) in [6, 6.07) is 0.615. The molecule has 0 saturated heterocycles. The number of ether oxygens (including phenoxy) is 1. The van der Waals surface area contributed by atoms with Crippen LogP contribution in [0.3, 0.4) is 0 Å².